The molecule has 5 N–H and O–H groups in total. The molecule has 0 radical (unpaired) electrons. The molecule has 2 aromatic rings. The summed E-state index contributed by atoms with van der Waals surface area (Å²) in [5.74, 6) is -1.53. The van der Waals surface area contributed by atoms with Crippen LogP contribution >= 0.6 is 12.6 Å². The fourth-order valence-corrected chi connectivity index (χ4v) is 2.64. The van der Waals surface area contributed by atoms with E-state index in [1.165, 1.54) is 12.3 Å². The van der Waals surface area contributed by atoms with Crippen molar-refractivity contribution in [2.75, 3.05) is 18.8 Å². The van der Waals surface area contributed by atoms with Gasteiger partial charge in [-0.3, -0.25) is 9.98 Å². The maximum Gasteiger partial charge on any atom is 0.329 e. The second-order valence-corrected chi connectivity index (χ2v) is 6.12. The number of benzene rings is 2. The third kappa shape index (κ3) is 4.87. The first-order chi connectivity index (χ1) is 12.9. The van der Waals surface area contributed by atoms with Gasteiger partial charge in [0.1, 0.15) is 11.5 Å². The monoisotopic (exact) mass is 387 g/mol. The van der Waals surface area contributed by atoms with Crippen LogP contribution in [0.3, 0.4) is 0 Å². The first kappa shape index (κ1) is 20.5. The van der Waals surface area contributed by atoms with Crippen molar-refractivity contribution in [2.24, 2.45) is 15.7 Å². The predicted octanol–water partition coefficient (Wildman–Crippen LogP) is 1.80. The van der Waals surface area contributed by atoms with Crippen LogP contribution in [0.25, 0.3) is 0 Å². The molecule has 27 heavy (non-hydrogen) atoms. The zero-order valence-electron chi connectivity index (χ0n) is 14.5. The molecular formula is C19H21N3O4S. The highest BCUT2D eigenvalue weighted by Gasteiger charge is 2.37. The number of nitrogens with zero attached hydrogens (tertiary/aromatic N) is 2. The number of aromatic hydroxyl groups is 2. The molecule has 0 saturated heterocycles. The van der Waals surface area contributed by atoms with Gasteiger partial charge in [-0.15, -0.1) is 0 Å². The number of carbonyl (C=O) groups is 1. The lowest BCUT2D eigenvalue weighted by Crippen LogP contribution is -2.46. The number of aliphatic carboxylic acids is 1. The number of hydrogen-bond acceptors (Lipinski definition) is 7. The Morgan fingerprint density at radius 3 is 2.22 bits per heavy atom. The number of carboxylic acids is 1. The molecule has 0 amide bonds. The Morgan fingerprint density at radius 2 is 1.63 bits per heavy atom. The Hall–Kier alpha value is -2.84. The molecule has 0 saturated carbocycles. The van der Waals surface area contributed by atoms with E-state index < -0.39 is 11.5 Å². The minimum absolute atomic E-state index is 0.0755. The lowest BCUT2D eigenvalue weighted by atomic mass is 9.90. The van der Waals surface area contributed by atoms with Crippen molar-refractivity contribution in [3.8, 4) is 11.5 Å². The van der Waals surface area contributed by atoms with Crippen molar-refractivity contribution in [1.82, 2.24) is 0 Å². The van der Waals surface area contributed by atoms with Gasteiger partial charge in [0.25, 0.3) is 0 Å². The van der Waals surface area contributed by atoms with Crippen molar-refractivity contribution >= 4 is 31.0 Å². The second kappa shape index (κ2) is 9.20. The quantitative estimate of drug-likeness (QED) is 0.268. The summed E-state index contributed by atoms with van der Waals surface area (Å²) < 4.78 is 0. The van der Waals surface area contributed by atoms with E-state index in [2.05, 4.69) is 22.6 Å². The van der Waals surface area contributed by atoms with Crippen LogP contribution in [0.2, 0.25) is 0 Å². The smallest absolute Gasteiger partial charge is 0.329 e. The van der Waals surface area contributed by atoms with E-state index in [1.54, 1.807) is 42.6 Å². The Bertz CT molecular complexity index is 870. The van der Waals surface area contributed by atoms with Gasteiger partial charge in [-0.05, 0) is 18.2 Å². The summed E-state index contributed by atoms with van der Waals surface area (Å²) in [5, 5.41) is 29.3. The highest BCUT2D eigenvalue weighted by Crippen LogP contribution is 2.31. The average molecular weight is 387 g/mol. The second-order valence-electron chi connectivity index (χ2n) is 5.81. The zero-order valence-corrected chi connectivity index (χ0v) is 15.4. The first-order valence-corrected chi connectivity index (χ1v) is 8.76. The molecule has 0 aromatic heterocycles. The van der Waals surface area contributed by atoms with Gasteiger partial charge >= 0.3 is 5.97 Å². The van der Waals surface area contributed by atoms with E-state index in [0.29, 0.717) is 24.2 Å². The number of thiol groups is 1. The standard InChI is InChI=1S/C19H21N3O4S/c20-19(12-27,18(25)26)15-6-3-5-14(17(15)24)11-22-9-8-21-10-13-4-1-2-7-16(13)23/h1-7,10-11,23-24,27H,8-9,12,20H2,(H,25,26). The van der Waals surface area contributed by atoms with Crippen LogP contribution in [0, 0.1) is 0 Å². The molecule has 1 atom stereocenters. The maximum atomic E-state index is 11.4. The summed E-state index contributed by atoms with van der Waals surface area (Å²) in [6, 6.07) is 11.5. The molecule has 7 nitrogen and oxygen atoms in total. The molecule has 0 spiro atoms. The van der Waals surface area contributed by atoms with E-state index in [1.807, 2.05) is 0 Å². The molecule has 8 heteroatoms. The van der Waals surface area contributed by atoms with Crippen LogP contribution in [0.5, 0.6) is 11.5 Å². The normalized spacial score (nSPS) is 13.9. The predicted molar refractivity (Wildman–Crippen MR) is 108 cm³/mol. The van der Waals surface area contributed by atoms with Gasteiger partial charge in [0.2, 0.25) is 0 Å². The lowest BCUT2D eigenvalue weighted by molar-refractivity contribution is -0.142. The first-order valence-electron chi connectivity index (χ1n) is 8.13. The SMILES string of the molecule is NC(CS)(C(=O)O)c1cccc(C=NCCN=Cc2ccccc2O)c1O. The zero-order chi connectivity index (χ0) is 19.9. The number of phenolic OH excluding ortho intramolecular Hbond substituents is 2. The Labute approximate surface area is 162 Å². The topological polar surface area (TPSA) is 128 Å². The Kier molecular flexibility index (Phi) is 6.98. The summed E-state index contributed by atoms with van der Waals surface area (Å²) in [6.45, 7) is 0.741. The summed E-state index contributed by atoms with van der Waals surface area (Å²) >= 11 is 4.00. The van der Waals surface area contributed by atoms with E-state index in [9.17, 15) is 20.1 Å². The van der Waals surface area contributed by atoms with Crippen molar-refractivity contribution < 1.29 is 20.1 Å². The Balaban J connectivity index is 2.04. The van der Waals surface area contributed by atoms with Gasteiger partial charge in [0.05, 0.1) is 13.1 Å². The van der Waals surface area contributed by atoms with Crippen molar-refractivity contribution in [3.63, 3.8) is 0 Å². The number of aliphatic imine (C=N–C) groups is 2. The molecule has 142 valence electrons. The number of carboxylic acid groups (broad SMARTS) is 1. The van der Waals surface area contributed by atoms with Gasteiger partial charge in [0, 0.05) is 34.9 Å². The van der Waals surface area contributed by atoms with Gasteiger partial charge in [-0.25, -0.2) is 4.79 Å². The average Bonchev–Trinajstić information content (AvgIpc) is 2.66. The fourth-order valence-electron chi connectivity index (χ4n) is 2.33. The molecule has 0 aliphatic rings. The summed E-state index contributed by atoms with van der Waals surface area (Å²) in [7, 11) is 0. The third-order valence-corrected chi connectivity index (χ3v) is 4.43. The molecule has 0 aliphatic heterocycles. The number of nitrogens with two attached hydrogens (primary N) is 1. The minimum atomic E-state index is -1.79. The van der Waals surface area contributed by atoms with Gasteiger partial charge in [-0.2, -0.15) is 12.6 Å². The summed E-state index contributed by atoms with van der Waals surface area (Å²) in [6.07, 6.45) is 3.00. The number of hydrogen-bond donors (Lipinski definition) is 5. The van der Waals surface area contributed by atoms with Gasteiger partial charge < -0.3 is 21.1 Å². The van der Waals surface area contributed by atoms with Crippen LogP contribution < -0.4 is 5.73 Å². The van der Waals surface area contributed by atoms with E-state index in [4.69, 9.17) is 5.73 Å². The molecule has 2 aromatic carbocycles. The number of phenols is 2. The third-order valence-electron chi connectivity index (χ3n) is 3.93. The van der Waals surface area contributed by atoms with Gasteiger partial charge in [-0.1, -0.05) is 24.3 Å². The van der Waals surface area contributed by atoms with Crippen LogP contribution in [0.15, 0.2) is 52.4 Å². The fraction of sp³-hybridized carbons (Fsp3) is 0.211. The van der Waals surface area contributed by atoms with E-state index in [-0.39, 0.29) is 22.8 Å². The summed E-state index contributed by atoms with van der Waals surface area (Å²) in [5.41, 5.74) is 5.13. The number of para-hydroxylation sites is 2. The highest BCUT2D eigenvalue weighted by atomic mass is 32.1. The van der Waals surface area contributed by atoms with Crippen LogP contribution in [-0.4, -0.2) is 52.6 Å². The molecule has 0 fully saturated rings. The molecule has 0 heterocycles. The lowest BCUT2D eigenvalue weighted by Gasteiger charge is -2.24. The largest absolute Gasteiger partial charge is 0.507 e. The maximum absolute atomic E-state index is 11.4. The Morgan fingerprint density at radius 1 is 1.04 bits per heavy atom. The highest BCUT2D eigenvalue weighted by molar-refractivity contribution is 7.80. The summed E-state index contributed by atoms with van der Waals surface area (Å²) in [4.78, 5) is 19.8. The van der Waals surface area contributed by atoms with Crippen LogP contribution in [-0.2, 0) is 10.3 Å². The van der Waals surface area contributed by atoms with Gasteiger partial charge in [0.15, 0.2) is 5.54 Å². The molecule has 0 bridgehead atoms. The molecular weight excluding hydrogens is 366 g/mol. The van der Waals surface area contributed by atoms with Crippen molar-refractivity contribution in [3.05, 3.63) is 59.2 Å². The van der Waals surface area contributed by atoms with Crippen LogP contribution in [0.4, 0.5) is 0 Å². The molecule has 2 rings (SSSR count). The van der Waals surface area contributed by atoms with Crippen LogP contribution in [0.1, 0.15) is 16.7 Å². The van der Waals surface area contributed by atoms with Crippen molar-refractivity contribution in [1.29, 1.82) is 0 Å². The van der Waals surface area contributed by atoms with Crippen molar-refractivity contribution in [2.45, 2.75) is 5.54 Å². The van der Waals surface area contributed by atoms with E-state index in [0.717, 1.165) is 0 Å². The minimum Gasteiger partial charge on any atom is -0.507 e. The number of rotatable bonds is 8. The molecule has 0 aliphatic carbocycles. The van der Waals surface area contributed by atoms with E-state index >= 15 is 0 Å². The molecule has 1 unspecified atom stereocenters.